The van der Waals surface area contributed by atoms with Crippen molar-refractivity contribution in [1.82, 2.24) is 5.32 Å². The Hall–Kier alpha value is -0.863. The summed E-state index contributed by atoms with van der Waals surface area (Å²) in [5, 5.41) is 11.7. The minimum atomic E-state index is -1.73. The molecule has 0 aliphatic heterocycles. The predicted octanol–water partition coefficient (Wildman–Crippen LogP) is 1.40. The standard InChI is InChI=1S/C10H18N2O2Si/c1-15(2,3)14-9(7-11)6-10(13)12-8-4-5-8/h8-9H,4-6H2,1-3H3,(H,12,13). The number of hydrogen-bond donors (Lipinski definition) is 1. The summed E-state index contributed by atoms with van der Waals surface area (Å²) in [6.07, 6.45) is 1.71. The summed E-state index contributed by atoms with van der Waals surface area (Å²) in [6, 6.07) is 2.39. The van der Waals surface area contributed by atoms with Gasteiger partial charge in [-0.15, -0.1) is 0 Å². The van der Waals surface area contributed by atoms with Crippen LogP contribution in [0.1, 0.15) is 19.3 Å². The van der Waals surface area contributed by atoms with Crippen LogP contribution < -0.4 is 5.32 Å². The first kappa shape index (κ1) is 12.2. The molecule has 1 N–H and O–H groups in total. The predicted molar refractivity (Wildman–Crippen MR) is 59.6 cm³/mol. The molecule has 1 rings (SSSR count). The first-order valence-electron chi connectivity index (χ1n) is 5.27. The molecule has 1 atom stereocenters. The Balaban J connectivity index is 2.32. The fourth-order valence-corrected chi connectivity index (χ4v) is 2.21. The van der Waals surface area contributed by atoms with E-state index >= 15 is 0 Å². The largest absolute Gasteiger partial charge is 0.402 e. The van der Waals surface area contributed by atoms with Crippen LogP contribution in [0, 0.1) is 11.3 Å². The molecule has 4 nitrogen and oxygen atoms in total. The van der Waals surface area contributed by atoms with E-state index in [1.807, 2.05) is 25.7 Å². The molecule has 0 aromatic rings. The highest BCUT2D eigenvalue weighted by Crippen LogP contribution is 2.19. The Kier molecular flexibility index (Phi) is 3.88. The van der Waals surface area contributed by atoms with Crippen LogP contribution in [0.2, 0.25) is 19.6 Å². The number of hydrogen-bond acceptors (Lipinski definition) is 3. The van der Waals surface area contributed by atoms with Gasteiger partial charge in [-0.25, -0.2) is 0 Å². The van der Waals surface area contributed by atoms with Crippen molar-refractivity contribution in [2.24, 2.45) is 0 Å². The minimum absolute atomic E-state index is 0.0673. The number of carbonyl (C=O) groups excluding carboxylic acids is 1. The summed E-state index contributed by atoms with van der Waals surface area (Å²) in [4.78, 5) is 11.4. The normalized spacial score (nSPS) is 18.0. The summed E-state index contributed by atoms with van der Waals surface area (Å²) in [7, 11) is -1.73. The van der Waals surface area contributed by atoms with Crippen LogP contribution in [0.15, 0.2) is 0 Å². The molecule has 0 spiro atoms. The molecule has 0 aromatic heterocycles. The summed E-state index contributed by atoms with van der Waals surface area (Å²) >= 11 is 0. The third-order valence-corrected chi connectivity index (χ3v) is 2.94. The van der Waals surface area contributed by atoms with E-state index in [9.17, 15) is 4.79 Å². The topological polar surface area (TPSA) is 62.1 Å². The number of nitrogens with zero attached hydrogens (tertiary/aromatic N) is 1. The van der Waals surface area contributed by atoms with Gasteiger partial charge in [0, 0.05) is 6.04 Å². The maximum absolute atomic E-state index is 11.4. The highest BCUT2D eigenvalue weighted by molar-refractivity contribution is 6.69. The van der Waals surface area contributed by atoms with Crippen LogP contribution in [0.25, 0.3) is 0 Å². The van der Waals surface area contributed by atoms with E-state index in [2.05, 4.69) is 5.32 Å². The van der Waals surface area contributed by atoms with Gasteiger partial charge in [-0.3, -0.25) is 4.79 Å². The molecule has 1 aliphatic carbocycles. The number of nitrogens with one attached hydrogen (secondary N) is 1. The van der Waals surface area contributed by atoms with E-state index in [0.717, 1.165) is 12.8 Å². The van der Waals surface area contributed by atoms with E-state index in [0.29, 0.717) is 6.04 Å². The van der Waals surface area contributed by atoms with Crippen molar-refractivity contribution in [2.45, 2.75) is 51.0 Å². The molecule has 0 aromatic carbocycles. The molecule has 0 saturated heterocycles. The summed E-state index contributed by atoms with van der Waals surface area (Å²) in [6.45, 7) is 6.03. The Labute approximate surface area is 91.7 Å². The third kappa shape index (κ3) is 5.55. The summed E-state index contributed by atoms with van der Waals surface area (Å²) in [5.41, 5.74) is 0. The Morgan fingerprint density at radius 1 is 1.60 bits per heavy atom. The number of carbonyl (C=O) groups is 1. The van der Waals surface area contributed by atoms with Gasteiger partial charge in [-0.2, -0.15) is 5.26 Å². The van der Waals surface area contributed by atoms with Gasteiger partial charge in [-0.05, 0) is 32.5 Å². The fourth-order valence-electron chi connectivity index (χ4n) is 1.22. The molecular weight excluding hydrogens is 208 g/mol. The fraction of sp³-hybridized carbons (Fsp3) is 0.800. The van der Waals surface area contributed by atoms with E-state index in [4.69, 9.17) is 9.69 Å². The van der Waals surface area contributed by atoms with Crippen LogP contribution in [0.4, 0.5) is 0 Å². The second-order valence-electron chi connectivity index (χ2n) is 4.89. The Morgan fingerprint density at radius 3 is 2.60 bits per heavy atom. The molecule has 1 amide bonds. The molecule has 1 saturated carbocycles. The van der Waals surface area contributed by atoms with Crippen LogP contribution in [0.5, 0.6) is 0 Å². The second kappa shape index (κ2) is 4.77. The van der Waals surface area contributed by atoms with Crippen molar-refractivity contribution < 1.29 is 9.22 Å². The lowest BCUT2D eigenvalue weighted by Gasteiger charge is -2.21. The van der Waals surface area contributed by atoms with Crippen LogP contribution in [-0.2, 0) is 9.22 Å². The molecular formula is C10H18N2O2Si. The Morgan fingerprint density at radius 2 is 2.20 bits per heavy atom. The van der Waals surface area contributed by atoms with Crippen LogP contribution >= 0.6 is 0 Å². The monoisotopic (exact) mass is 226 g/mol. The average molecular weight is 226 g/mol. The van der Waals surface area contributed by atoms with Crippen molar-refractivity contribution in [3.8, 4) is 6.07 Å². The zero-order valence-electron chi connectivity index (χ0n) is 9.54. The van der Waals surface area contributed by atoms with Gasteiger partial charge in [0.15, 0.2) is 8.32 Å². The van der Waals surface area contributed by atoms with Gasteiger partial charge in [0.2, 0.25) is 5.91 Å². The third-order valence-electron chi connectivity index (χ3n) is 1.95. The maximum Gasteiger partial charge on any atom is 0.223 e. The smallest absolute Gasteiger partial charge is 0.223 e. The zero-order chi connectivity index (χ0) is 11.5. The van der Waals surface area contributed by atoms with Crippen molar-refractivity contribution in [1.29, 1.82) is 5.26 Å². The average Bonchev–Trinajstić information content (AvgIpc) is 2.84. The minimum Gasteiger partial charge on any atom is -0.402 e. The lowest BCUT2D eigenvalue weighted by molar-refractivity contribution is -0.122. The SMILES string of the molecule is C[Si](C)(C)OC(C#N)CC(=O)NC1CC1. The second-order valence-corrected chi connectivity index (χ2v) is 9.35. The van der Waals surface area contributed by atoms with Gasteiger partial charge in [0.1, 0.15) is 6.10 Å². The molecule has 0 bridgehead atoms. The van der Waals surface area contributed by atoms with E-state index in [1.165, 1.54) is 0 Å². The number of nitriles is 1. The lowest BCUT2D eigenvalue weighted by atomic mass is 10.2. The van der Waals surface area contributed by atoms with Crippen LogP contribution in [-0.4, -0.2) is 26.4 Å². The molecule has 0 heterocycles. The first-order valence-corrected chi connectivity index (χ1v) is 8.68. The van der Waals surface area contributed by atoms with Gasteiger partial charge in [0.05, 0.1) is 12.5 Å². The first-order chi connectivity index (χ1) is 6.90. The number of amides is 1. The van der Waals surface area contributed by atoms with Gasteiger partial charge < -0.3 is 9.74 Å². The molecule has 84 valence electrons. The van der Waals surface area contributed by atoms with Gasteiger partial charge in [0.25, 0.3) is 0 Å². The van der Waals surface area contributed by atoms with Crippen molar-refractivity contribution in [2.75, 3.05) is 0 Å². The summed E-state index contributed by atoms with van der Waals surface area (Å²) < 4.78 is 5.58. The molecule has 0 radical (unpaired) electrons. The van der Waals surface area contributed by atoms with Crippen molar-refractivity contribution in [3.05, 3.63) is 0 Å². The van der Waals surface area contributed by atoms with Crippen molar-refractivity contribution in [3.63, 3.8) is 0 Å². The van der Waals surface area contributed by atoms with Gasteiger partial charge in [-0.1, -0.05) is 0 Å². The van der Waals surface area contributed by atoms with E-state index in [1.54, 1.807) is 0 Å². The lowest BCUT2D eigenvalue weighted by Crippen LogP contribution is -2.35. The highest BCUT2D eigenvalue weighted by atomic mass is 28.4. The van der Waals surface area contributed by atoms with Crippen LogP contribution in [0.3, 0.4) is 0 Å². The zero-order valence-corrected chi connectivity index (χ0v) is 10.5. The van der Waals surface area contributed by atoms with E-state index in [-0.39, 0.29) is 12.3 Å². The molecule has 1 aliphatic rings. The maximum atomic E-state index is 11.4. The van der Waals surface area contributed by atoms with E-state index < -0.39 is 14.4 Å². The molecule has 5 heteroatoms. The Bertz CT molecular complexity index is 276. The van der Waals surface area contributed by atoms with Crippen molar-refractivity contribution >= 4 is 14.2 Å². The number of rotatable bonds is 5. The summed E-state index contributed by atoms with van der Waals surface area (Å²) in [5.74, 6) is -0.0673. The molecule has 15 heavy (non-hydrogen) atoms. The molecule has 1 unspecified atom stereocenters. The molecule has 1 fully saturated rings. The van der Waals surface area contributed by atoms with Gasteiger partial charge >= 0.3 is 0 Å². The highest BCUT2D eigenvalue weighted by Gasteiger charge is 2.27. The quantitative estimate of drug-likeness (QED) is 0.721.